The van der Waals surface area contributed by atoms with Gasteiger partial charge < -0.3 is 9.47 Å². The van der Waals surface area contributed by atoms with Crippen molar-refractivity contribution in [2.75, 3.05) is 0 Å². The van der Waals surface area contributed by atoms with Gasteiger partial charge in [-0.15, -0.1) is 0 Å². The number of esters is 2. The van der Waals surface area contributed by atoms with Crippen molar-refractivity contribution in [3.63, 3.8) is 0 Å². The molecule has 4 heteroatoms. The lowest BCUT2D eigenvalue weighted by Crippen LogP contribution is -2.56. The van der Waals surface area contributed by atoms with E-state index in [9.17, 15) is 9.59 Å². The van der Waals surface area contributed by atoms with Gasteiger partial charge in [-0.05, 0) is 55.4 Å². The van der Waals surface area contributed by atoms with E-state index in [0.717, 1.165) is 31.3 Å². The SMILES string of the molecule is C=C[C@](C)(CC[C@H]1C(=C)C[C@H](OC(=O)CC)[C@H]2C(C)(C)CCC[C@]12C)OC(=O)CC. The molecule has 4 nitrogen and oxygen atoms in total. The second-order valence-electron chi connectivity index (χ2n) is 10.5. The fourth-order valence-electron chi connectivity index (χ4n) is 6.29. The third-order valence-corrected chi connectivity index (χ3v) is 7.78. The quantitative estimate of drug-likeness (QED) is 0.338. The fraction of sp³-hybridized carbons (Fsp3) is 0.769. The van der Waals surface area contributed by atoms with Gasteiger partial charge in [0, 0.05) is 25.2 Å². The Morgan fingerprint density at radius 1 is 1.17 bits per heavy atom. The zero-order valence-electron chi connectivity index (χ0n) is 20.0. The number of rotatable bonds is 8. The molecule has 0 radical (unpaired) electrons. The van der Waals surface area contributed by atoms with E-state index in [1.165, 1.54) is 6.42 Å². The number of ether oxygens (including phenoxy) is 2. The first-order valence-electron chi connectivity index (χ1n) is 11.6. The van der Waals surface area contributed by atoms with Crippen molar-refractivity contribution in [2.45, 2.75) is 105 Å². The summed E-state index contributed by atoms with van der Waals surface area (Å²) in [6.45, 7) is 21.0. The first-order chi connectivity index (χ1) is 13.9. The van der Waals surface area contributed by atoms with Crippen LogP contribution < -0.4 is 0 Å². The van der Waals surface area contributed by atoms with Crippen LogP contribution in [-0.4, -0.2) is 23.6 Å². The van der Waals surface area contributed by atoms with Crippen molar-refractivity contribution in [2.24, 2.45) is 22.7 Å². The molecule has 2 rings (SSSR count). The van der Waals surface area contributed by atoms with Crippen LogP contribution in [0.2, 0.25) is 0 Å². The molecule has 30 heavy (non-hydrogen) atoms. The Hall–Kier alpha value is -1.58. The van der Waals surface area contributed by atoms with E-state index in [1.807, 2.05) is 20.8 Å². The third kappa shape index (κ3) is 5.00. The second-order valence-corrected chi connectivity index (χ2v) is 10.5. The molecule has 0 aliphatic heterocycles. The number of carbonyl (C=O) groups is 2. The molecular formula is C26H42O4. The molecule has 0 aromatic carbocycles. The van der Waals surface area contributed by atoms with Gasteiger partial charge in [-0.25, -0.2) is 0 Å². The summed E-state index contributed by atoms with van der Waals surface area (Å²) in [6, 6.07) is 0. The molecule has 0 bridgehead atoms. The van der Waals surface area contributed by atoms with E-state index in [4.69, 9.17) is 9.47 Å². The van der Waals surface area contributed by atoms with Crippen molar-refractivity contribution < 1.29 is 19.1 Å². The van der Waals surface area contributed by atoms with Crippen molar-refractivity contribution >= 4 is 11.9 Å². The highest BCUT2D eigenvalue weighted by molar-refractivity contribution is 5.69. The van der Waals surface area contributed by atoms with Gasteiger partial charge in [-0.3, -0.25) is 9.59 Å². The summed E-state index contributed by atoms with van der Waals surface area (Å²) in [7, 11) is 0. The smallest absolute Gasteiger partial charge is 0.306 e. The van der Waals surface area contributed by atoms with Gasteiger partial charge in [0.1, 0.15) is 11.7 Å². The Kier molecular flexibility index (Phi) is 7.63. The maximum atomic E-state index is 12.2. The topological polar surface area (TPSA) is 52.6 Å². The van der Waals surface area contributed by atoms with Crippen molar-refractivity contribution in [1.29, 1.82) is 0 Å². The molecule has 0 saturated heterocycles. The van der Waals surface area contributed by atoms with Gasteiger partial charge in [0.15, 0.2) is 0 Å². The molecule has 5 atom stereocenters. The molecule has 0 spiro atoms. The van der Waals surface area contributed by atoms with Gasteiger partial charge in [0.05, 0.1) is 0 Å². The summed E-state index contributed by atoms with van der Waals surface area (Å²) in [5.41, 5.74) is 0.594. The standard InChI is InChI=1S/C26H42O4/c1-9-21(27)29-20-17-18(4)19(13-16-25(7,11-3)30-22(28)10-2)26(8)15-12-14-24(5,6)23(20)26/h11,19-20,23H,3-4,9-10,12-17H2,1-2,5-8H3/t19-,20-,23-,25+,26+/m0/s1. The van der Waals surface area contributed by atoms with Crippen LogP contribution in [0.5, 0.6) is 0 Å². The summed E-state index contributed by atoms with van der Waals surface area (Å²) in [5, 5.41) is 0. The number of carbonyl (C=O) groups excluding carboxylic acids is 2. The summed E-state index contributed by atoms with van der Waals surface area (Å²) in [6.07, 6.45) is 8.14. The van der Waals surface area contributed by atoms with Crippen molar-refractivity contribution in [3.8, 4) is 0 Å². The molecular weight excluding hydrogens is 376 g/mol. The minimum Gasteiger partial charge on any atom is -0.462 e. The number of hydrogen-bond acceptors (Lipinski definition) is 4. The lowest BCUT2D eigenvalue weighted by Gasteiger charge is -2.60. The molecule has 0 unspecified atom stereocenters. The largest absolute Gasteiger partial charge is 0.462 e. The zero-order chi connectivity index (χ0) is 22.7. The van der Waals surface area contributed by atoms with E-state index in [-0.39, 0.29) is 34.8 Å². The summed E-state index contributed by atoms with van der Waals surface area (Å²) < 4.78 is 11.7. The fourth-order valence-corrected chi connectivity index (χ4v) is 6.29. The van der Waals surface area contributed by atoms with Gasteiger partial charge in [-0.2, -0.15) is 0 Å². The van der Waals surface area contributed by atoms with Crippen LogP contribution in [-0.2, 0) is 19.1 Å². The summed E-state index contributed by atoms with van der Waals surface area (Å²) in [4.78, 5) is 24.1. The molecule has 0 N–H and O–H groups in total. The second kappa shape index (κ2) is 9.28. The lowest BCUT2D eigenvalue weighted by molar-refractivity contribution is -0.173. The Morgan fingerprint density at radius 3 is 2.37 bits per heavy atom. The van der Waals surface area contributed by atoms with Gasteiger partial charge >= 0.3 is 11.9 Å². The minimum absolute atomic E-state index is 0.00656. The van der Waals surface area contributed by atoms with Crippen LogP contribution in [0.25, 0.3) is 0 Å². The van der Waals surface area contributed by atoms with E-state index >= 15 is 0 Å². The average molecular weight is 419 g/mol. The van der Waals surface area contributed by atoms with Crippen LogP contribution in [0.4, 0.5) is 0 Å². The summed E-state index contributed by atoms with van der Waals surface area (Å²) in [5.74, 6) is 0.270. The maximum Gasteiger partial charge on any atom is 0.306 e. The van der Waals surface area contributed by atoms with Gasteiger partial charge in [0.25, 0.3) is 0 Å². The van der Waals surface area contributed by atoms with Crippen LogP contribution in [0.15, 0.2) is 24.8 Å². The first-order valence-corrected chi connectivity index (χ1v) is 11.6. The highest BCUT2D eigenvalue weighted by Crippen LogP contribution is 2.62. The van der Waals surface area contributed by atoms with Crippen molar-refractivity contribution in [3.05, 3.63) is 24.8 Å². The highest BCUT2D eigenvalue weighted by atomic mass is 16.6. The van der Waals surface area contributed by atoms with Gasteiger partial charge in [0.2, 0.25) is 0 Å². The highest BCUT2D eigenvalue weighted by Gasteiger charge is 2.57. The molecule has 2 saturated carbocycles. The Bertz CT molecular complexity index is 679. The van der Waals surface area contributed by atoms with Crippen LogP contribution >= 0.6 is 0 Å². The first kappa shape index (κ1) is 24.7. The van der Waals surface area contributed by atoms with Crippen LogP contribution in [0.3, 0.4) is 0 Å². The normalized spacial score (nSPS) is 32.5. The van der Waals surface area contributed by atoms with Crippen molar-refractivity contribution in [1.82, 2.24) is 0 Å². The Labute approximate surface area is 183 Å². The maximum absolute atomic E-state index is 12.2. The molecule has 170 valence electrons. The monoisotopic (exact) mass is 418 g/mol. The van der Waals surface area contributed by atoms with Gasteiger partial charge in [-0.1, -0.05) is 59.8 Å². The molecule has 0 heterocycles. The van der Waals surface area contributed by atoms with E-state index in [0.29, 0.717) is 25.2 Å². The average Bonchev–Trinajstić information content (AvgIpc) is 2.66. The Morgan fingerprint density at radius 2 is 1.80 bits per heavy atom. The van der Waals surface area contributed by atoms with E-state index in [1.54, 1.807) is 6.08 Å². The number of hydrogen-bond donors (Lipinski definition) is 0. The third-order valence-electron chi connectivity index (χ3n) is 7.78. The van der Waals surface area contributed by atoms with Crippen LogP contribution in [0.1, 0.15) is 92.9 Å². The molecule has 2 aliphatic carbocycles. The minimum atomic E-state index is -0.672. The van der Waals surface area contributed by atoms with E-state index < -0.39 is 5.60 Å². The molecule has 0 aromatic rings. The molecule has 2 aliphatic rings. The zero-order valence-corrected chi connectivity index (χ0v) is 20.0. The molecule has 0 aromatic heterocycles. The number of fused-ring (bicyclic) bond motifs is 1. The lowest BCUT2D eigenvalue weighted by atomic mass is 9.46. The predicted molar refractivity (Wildman–Crippen MR) is 121 cm³/mol. The van der Waals surface area contributed by atoms with E-state index in [2.05, 4.69) is 33.9 Å². The molecule has 0 amide bonds. The Balaban J connectivity index is 2.30. The molecule has 2 fully saturated rings. The van der Waals surface area contributed by atoms with Crippen LogP contribution in [0, 0.1) is 22.7 Å². The summed E-state index contributed by atoms with van der Waals surface area (Å²) >= 11 is 0. The predicted octanol–water partition coefficient (Wildman–Crippen LogP) is 6.40.